The van der Waals surface area contributed by atoms with Crippen molar-refractivity contribution >= 4 is 15.9 Å². The Balaban J connectivity index is 1.98. The summed E-state index contributed by atoms with van der Waals surface area (Å²) in [5.41, 5.74) is 2.34. The molecule has 2 rings (SSSR count). The fourth-order valence-corrected chi connectivity index (χ4v) is 3.82. The van der Waals surface area contributed by atoms with E-state index in [0.717, 1.165) is 28.6 Å². The minimum absolute atomic E-state index is 0.000934. The van der Waals surface area contributed by atoms with Crippen LogP contribution in [0.5, 0.6) is 5.75 Å². The zero-order valence-corrected chi connectivity index (χ0v) is 18.6. The van der Waals surface area contributed by atoms with Crippen molar-refractivity contribution in [3.05, 3.63) is 76.8 Å². The van der Waals surface area contributed by atoms with E-state index in [1.165, 1.54) is 5.56 Å². The number of aliphatic hydroxyl groups excluding tert-OH is 1. The first-order chi connectivity index (χ1) is 13.4. The van der Waals surface area contributed by atoms with Gasteiger partial charge in [-0.25, -0.2) is 0 Å². The van der Waals surface area contributed by atoms with Crippen molar-refractivity contribution in [3.8, 4) is 5.75 Å². The standard InChI is InChI=1S/C24H31BrO3/c1-5-18(3)24(26)23(27-4)12-17(2)11-20-13-21(25)15-22(14-20)28-16-19-9-7-6-8-10-19/h5-10,13-15,17-18,23-24,26H,1,11-12,16H2,2-4H3/t17-,18+,23+,24-/m1/s1. The van der Waals surface area contributed by atoms with E-state index in [0.29, 0.717) is 12.5 Å². The number of ether oxygens (including phenoxy) is 2. The van der Waals surface area contributed by atoms with Gasteiger partial charge in [-0.3, -0.25) is 0 Å². The average molecular weight is 447 g/mol. The SMILES string of the molecule is C=C[C@H](C)[C@@H](O)[C@H](C[C@H](C)Cc1cc(Br)cc(OCc2ccccc2)c1)OC. The lowest BCUT2D eigenvalue weighted by molar-refractivity contribution is -0.0392. The van der Waals surface area contributed by atoms with Crippen molar-refractivity contribution in [2.45, 2.75) is 45.5 Å². The molecule has 0 bridgehead atoms. The van der Waals surface area contributed by atoms with Gasteiger partial charge in [0.2, 0.25) is 0 Å². The van der Waals surface area contributed by atoms with Crippen molar-refractivity contribution in [1.29, 1.82) is 0 Å². The topological polar surface area (TPSA) is 38.7 Å². The Morgan fingerprint density at radius 1 is 1.11 bits per heavy atom. The highest BCUT2D eigenvalue weighted by atomic mass is 79.9. The molecular weight excluding hydrogens is 416 g/mol. The lowest BCUT2D eigenvalue weighted by Gasteiger charge is -2.27. The summed E-state index contributed by atoms with van der Waals surface area (Å²) in [5, 5.41) is 10.4. The predicted molar refractivity (Wildman–Crippen MR) is 119 cm³/mol. The van der Waals surface area contributed by atoms with Crippen molar-refractivity contribution in [1.82, 2.24) is 0 Å². The third-order valence-corrected chi connectivity index (χ3v) is 5.45. The van der Waals surface area contributed by atoms with E-state index in [1.54, 1.807) is 13.2 Å². The second kappa shape index (κ2) is 11.4. The minimum Gasteiger partial charge on any atom is -0.489 e. The van der Waals surface area contributed by atoms with E-state index in [2.05, 4.69) is 53.7 Å². The number of halogens is 1. The largest absolute Gasteiger partial charge is 0.489 e. The van der Waals surface area contributed by atoms with E-state index >= 15 is 0 Å². The van der Waals surface area contributed by atoms with Crippen molar-refractivity contribution in [2.24, 2.45) is 11.8 Å². The van der Waals surface area contributed by atoms with Crippen molar-refractivity contribution in [3.63, 3.8) is 0 Å². The molecule has 0 amide bonds. The van der Waals surface area contributed by atoms with Crippen LogP contribution in [0, 0.1) is 11.8 Å². The summed E-state index contributed by atoms with van der Waals surface area (Å²) in [5.74, 6) is 1.21. The summed E-state index contributed by atoms with van der Waals surface area (Å²) >= 11 is 3.59. The Bertz CT molecular complexity index is 732. The molecule has 0 aliphatic carbocycles. The molecule has 0 aromatic heterocycles. The summed E-state index contributed by atoms with van der Waals surface area (Å²) < 4.78 is 12.5. The molecule has 0 saturated carbocycles. The van der Waals surface area contributed by atoms with Gasteiger partial charge in [0.1, 0.15) is 12.4 Å². The lowest BCUT2D eigenvalue weighted by atomic mass is 9.90. The Kier molecular flexibility index (Phi) is 9.23. The van der Waals surface area contributed by atoms with Gasteiger partial charge in [-0.05, 0) is 48.1 Å². The summed E-state index contributed by atoms with van der Waals surface area (Å²) in [6.45, 7) is 8.46. The molecule has 0 unspecified atom stereocenters. The molecule has 0 saturated heterocycles. The molecule has 0 fully saturated rings. The maximum Gasteiger partial charge on any atom is 0.121 e. The second-order valence-corrected chi connectivity index (χ2v) is 8.39. The van der Waals surface area contributed by atoms with Crippen molar-refractivity contribution < 1.29 is 14.6 Å². The fourth-order valence-electron chi connectivity index (χ4n) is 3.30. The molecule has 0 heterocycles. The van der Waals surface area contributed by atoms with Gasteiger partial charge in [0.25, 0.3) is 0 Å². The first kappa shape index (κ1) is 22.7. The van der Waals surface area contributed by atoms with Gasteiger partial charge >= 0.3 is 0 Å². The zero-order valence-electron chi connectivity index (χ0n) is 17.0. The van der Waals surface area contributed by atoms with Gasteiger partial charge in [0.05, 0.1) is 12.2 Å². The van der Waals surface area contributed by atoms with E-state index in [4.69, 9.17) is 9.47 Å². The molecule has 0 aliphatic rings. The number of hydrogen-bond donors (Lipinski definition) is 1. The molecule has 1 N–H and O–H groups in total. The Morgan fingerprint density at radius 3 is 2.46 bits per heavy atom. The summed E-state index contributed by atoms with van der Waals surface area (Å²) in [6.07, 6.45) is 2.69. The number of methoxy groups -OCH3 is 1. The fraction of sp³-hybridized carbons (Fsp3) is 0.417. The van der Waals surface area contributed by atoms with Crippen LogP contribution < -0.4 is 4.74 Å². The van der Waals surface area contributed by atoms with Gasteiger partial charge in [-0.15, -0.1) is 6.58 Å². The van der Waals surface area contributed by atoms with Crippen molar-refractivity contribution in [2.75, 3.05) is 7.11 Å². The molecule has 4 heteroatoms. The van der Waals surface area contributed by atoms with Crippen LogP contribution in [0.25, 0.3) is 0 Å². The molecule has 152 valence electrons. The van der Waals surface area contributed by atoms with Crippen LogP contribution >= 0.6 is 15.9 Å². The van der Waals surface area contributed by atoms with Crippen LogP contribution in [0.2, 0.25) is 0 Å². The molecule has 0 spiro atoms. The maximum atomic E-state index is 10.4. The second-order valence-electron chi connectivity index (χ2n) is 7.47. The number of hydrogen-bond acceptors (Lipinski definition) is 3. The van der Waals surface area contributed by atoms with Gasteiger partial charge in [0.15, 0.2) is 0 Å². The Hall–Kier alpha value is -1.62. The van der Waals surface area contributed by atoms with Crippen LogP contribution in [0.1, 0.15) is 31.4 Å². The molecule has 4 atom stereocenters. The van der Waals surface area contributed by atoms with Crippen LogP contribution in [-0.2, 0) is 17.8 Å². The molecular formula is C24H31BrO3. The monoisotopic (exact) mass is 446 g/mol. The average Bonchev–Trinajstić information content (AvgIpc) is 2.69. The molecule has 0 radical (unpaired) electrons. The van der Waals surface area contributed by atoms with E-state index in [-0.39, 0.29) is 12.0 Å². The smallest absolute Gasteiger partial charge is 0.121 e. The highest BCUT2D eigenvalue weighted by Gasteiger charge is 2.25. The molecule has 28 heavy (non-hydrogen) atoms. The van der Waals surface area contributed by atoms with Crippen LogP contribution in [0.15, 0.2) is 65.7 Å². The molecule has 0 aliphatic heterocycles. The quantitative estimate of drug-likeness (QED) is 0.443. The summed E-state index contributed by atoms with van der Waals surface area (Å²) in [4.78, 5) is 0. The first-order valence-corrected chi connectivity index (χ1v) is 10.5. The van der Waals surface area contributed by atoms with Gasteiger partial charge in [0, 0.05) is 17.5 Å². The third-order valence-electron chi connectivity index (χ3n) is 4.99. The molecule has 3 nitrogen and oxygen atoms in total. The maximum absolute atomic E-state index is 10.4. The van der Waals surface area contributed by atoms with Crippen LogP contribution in [0.3, 0.4) is 0 Å². The summed E-state index contributed by atoms with van der Waals surface area (Å²) in [6, 6.07) is 16.3. The molecule has 2 aromatic carbocycles. The normalized spacial score (nSPS) is 15.5. The van der Waals surface area contributed by atoms with Crippen LogP contribution in [0.4, 0.5) is 0 Å². The number of aliphatic hydroxyl groups is 1. The van der Waals surface area contributed by atoms with Crippen LogP contribution in [-0.4, -0.2) is 24.4 Å². The van der Waals surface area contributed by atoms with Gasteiger partial charge < -0.3 is 14.6 Å². The van der Waals surface area contributed by atoms with E-state index in [1.807, 2.05) is 31.2 Å². The number of benzene rings is 2. The summed E-state index contributed by atoms with van der Waals surface area (Å²) in [7, 11) is 1.66. The lowest BCUT2D eigenvalue weighted by Crippen LogP contribution is -2.34. The highest BCUT2D eigenvalue weighted by molar-refractivity contribution is 9.10. The Labute approximate surface area is 177 Å². The molecule has 2 aromatic rings. The number of rotatable bonds is 11. The zero-order chi connectivity index (χ0) is 20.5. The van der Waals surface area contributed by atoms with Gasteiger partial charge in [-0.2, -0.15) is 0 Å². The van der Waals surface area contributed by atoms with E-state index in [9.17, 15) is 5.11 Å². The minimum atomic E-state index is -0.544. The van der Waals surface area contributed by atoms with Gasteiger partial charge in [-0.1, -0.05) is 66.2 Å². The third kappa shape index (κ3) is 7.08. The highest BCUT2D eigenvalue weighted by Crippen LogP contribution is 2.26. The predicted octanol–water partition coefficient (Wildman–Crippen LogP) is 5.79. The first-order valence-electron chi connectivity index (χ1n) is 9.72. The Morgan fingerprint density at radius 2 is 1.82 bits per heavy atom. The van der Waals surface area contributed by atoms with E-state index < -0.39 is 6.10 Å².